The van der Waals surface area contributed by atoms with Crippen molar-refractivity contribution in [2.75, 3.05) is 19.5 Å². The monoisotopic (exact) mass is 520 g/mol. The molecule has 0 radical (unpaired) electrons. The molecule has 1 heterocycles. The fraction of sp³-hybridized carbons (Fsp3) is 0.214. The number of hydrogen-bond acceptors (Lipinski definition) is 6. The van der Waals surface area contributed by atoms with Crippen LogP contribution in [0.3, 0.4) is 0 Å². The van der Waals surface area contributed by atoms with E-state index in [4.69, 9.17) is 22.1 Å². The van der Waals surface area contributed by atoms with Crippen LogP contribution in [0.15, 0.2) is 76.3 Å². The molecule has 3 rings (SSSR count). The highest BCUT2D eigenvalue weighted by Crippen LogP contribution is 2.34. The zero-order chi connectivity index (χ0) is 27.1. The maximum Gasteiger partial charge on any atom is 0.252 e. The molecular formula is C28H29ClN4O4. The summed E-state index contributed by atoms with van der Waals surface area (Å²) in [4.78, 5) is 43.2. The first-order chi connectivity index (χ1) is 17.7. The summed E-state index contributed by atoms with van der Waals surface area (Å²) in [6, 6.07) is 12.5. The molecule has 0 saturated heterocycles. The molecule has 1 aromatic heterocycles. The van der Waals surface area contributed by atoms with Gasteiger partial charge in [-0.25, -0.2) is 0 Å². The average Bonchev–Trinajstić information content (AvgIpc) is 2.87. The van der Waals surface area contributed by atoms with E-state index in [0.717, 1.165) is 5.56 Å². The average molecular weight is 521 g/mol. The van der Waals surface area contributed by atoms with Crippen molar-refractivity contribution >= 4 is 35.2 Å². The Morgan fingerprint density at radius 3 is 2.46 bits per heavy atom. The van der Waals surface area contributed by atoms with Gasteiger partial charge in [0, 0.05) is 47.6 Å². The van der Waals surface area contributed by atoms with Crippen LogP contribution in [0.25, 0.3) is 11.1 Å². The molecule has 37 heavy (non-hydrogen) atoms. The van der Waals surface area contributed by atoms with Gasteiger partial charge in [-0.2, -0.15) is 0 Å². The number of aliphatic imine (C=N–C) groups is 1. The van der Waals surface area contributed by atoms with Crippen molar-refractivity contribution in [3.05, 3.63) is 93.0 Å². The zero-order valence-electron chi connectivity index (χ0n) is 21.1. The third-order valence-electron chi connectivity index (χ3n) is 5.81. The molecule has 0 spiro atoms. The van der Waals surface area contributed by atoms with Crippen LogP contribution >= 0.6 is 11.6 Å². The van der Waals surface area contributed by atoms with Crippen LogP contribution in [0.5, 0.6) is 5.75 Å². The first-order valence-corrected chi connectivity index (χ1v) is 11.9. The molecule has 0 aliphatic rings. The lowest BCUT2D eigenvalue weighted by atomic mass is 9.97. The van der Waals surface area contributed by atoms with Gasteiger partial charge in [-0.3, -0.25) is 23.9 Å². The van der Waals surface area contributed by atoms with Gasteiger partial charge in [0.1, 0.15) is 11.8 Å². The standard InChI is InChI=1S/C28H29ClN4O4/c1-17-5-8-21(9-6-17)32-28(36)25(11-19(14-30)15-31-3)33-16-26(37-4)24(13-27(33)35)23-12-20(29)7-10-22(23)18(2)34/h5-10,12-16,25H,11,30H2,1-4H3,(H,32,36). The molecule has 1 amide bonds. The summed E-state index contributed by atoms with van der Waals surface area (Å²) in [5.74, 6) is -0.318. The van der Waals surface area contributed by atoms with Crippen molar-refractivity contribution < 1.29 is 14.3 Å². The molecule has 2 aromatic carbocycles. The Morgan fingerprint density at radius 1 is 1.16 bits per heavy atom. The molecule has 0 fully saturated rings. The second kappa shape index (κ2) is 12.2. The summed E-state index contributed by atoms with van der Waals surface area (Å²) in [5, 5.41) is 3.27. The fourth-order valence-corrected chi connectivity index (χ4v) is 4.10. The van der Waals surface area contributed by atoms with Gasteiger partial charge in [0.25, 0.3) is 5.56 Å². The Kier molecular flexibility index (Phi) is 9.03. The van der Waals surface area contributed by atoms with Gasteiger partial charge < -0.3 is 15.8 Å². The molecule has 0 bridgehead atoms. The van der Waals surface area contributed by atoms with Crippen molar-refractivity contribution in [2.45, 2.75) is 26.3 Å². The topological polar surface area (TPSA) is 116 Å². The van der Waals surface area contributed by atoms with E-state index in [9.17, 15) is 14.4 Å². The molecule has 0 aliphatic carbocycles. The molecule has 0 saturated carbocycles. The predicted molar refractivity (Wildman–Crippen MR) is 148 cm³/mol. The number of carbonyl (C=O) groups is 2. The van der Waals surface area contributed by atoms with E-state index in [1.807, 2.05) is 19.1 Å². The summed E-state index contributed by atoms with van der Waals surface area (Å²) in [7, 11) is 3.04. The summed E-state index contributed by atoms with van der Waals surface area (Å²) < 4.78 is 6.89. The van der Waals surface area contributed by atoms with Gasteiger partial charge in [0.15, 0.2) is 5.78 Å². The van der Waals surface area contributed by atoms with E-state index >= 15 is 0 Å². The van der Waals surface area contributed by atoms with Gasteiger partial charge in [0.05, 0.1) is 13.3 Å². The van der Waals surface area contributed by atoms with Crippen molar-refractivity contribution in [3.8, 4) is 16.9 Å². The van der Waals surface area contributed by atoms with Crippen LogP contribution in [0.4, 0.5) is 5.69 Å². The lowest BCUT2D eigenvalue weighted by Gasteiger charge is -2.22. The first kappa shape index (κ1) is 27.4. The Hall–Kier alpha value is -4.17. The molecule has 1 atom stereocenters. The number of hydrogen-bond donors (Lipinski definition) is 2. The number of nitrogens with one attached hydrogen (secondary N) is 1. The lowest BCUT2D eigenvalue weighted by molar-refractivity contribution is -0.119. The van der Waals surface area contributed by atoms with E-state index < -0.39 is 17.5 Å². The van der Waals surface area contributed by atoms with Crippen LogP contribution in [-0.2, 0) is 4.79 Å². The number of ketones is 1. The van der Waals surface area contributed by atoms with Crippen LogP contribution in [0.2, 0.25) is 5.02 Å². The van der Waals surface area contributed by atoms with E-state index in [2.05, 4.69) is 10.3 Å². The number of allylic oxidation sites excluding steroid dienone is 1. The number of aryl methyl sites for hydroxylation is 1. The highest BCUT2D eigenvalue weighted by Gasteiger charge is 2.25. The highest BCUT2D eigenvalue weighted by atomic mass is 35.5. The minimum absolute atomic E-state index is 0.101. The molecule has 1 unspecified atom stereocenters. The van der Waals surface area contributed by atoms with Gasteiger partial charge in [0.2, 0.25) is 5.91 Å². The van der Waals surface area contributed by atoms with Crippen LogP contribution in [0.1, 0.15) is 35.3 Å². The normalized spacial score (nSPS) is 12.4. The number of methoxy groups -OCH3 is 1. The summed E-state index contributed by atoms with van der Waals surface area (Å²) in [6.07, 6.45) is 4.44. The van der Waals surface area contributed by atoms with E-state index in [1.54, 1.807) is 37.4 Å². The number of benzene rings is 2. The number of pyridine rings is 1. The van der Waals surface area contributed by atoms with Crippen LogP contribution < -0.4 is 21.3 Å². The van der Waals surface area contributed by atoms with Gasteiger partial charge in [-0.05, 0) is 61.5 Å². The van der Waals surface area contributed by atoms with Gasteiger partial charge in [-0.15, -0.1) is 0 Å². The molecule has 3 aromatic rings. The van der Waals surface area contributed by atoms with Crippen molar-refractivity contribution in [2.24, 2.45) is 10.7 Å². The molecular weight excluding hydrogens is 492 g/mol. The van der Waals surface area contributed by atoms with E-state index in [1.165, 1.54) is 43.3 Å². The number of amides is 1. The summed E-state index contributed by atoms with van der Waals surface area (Å²) in [6.45, 7) is 3.38. The number of anilines is 1. The number of Topliss-reactive ketones (excluding diaryl/α,β-unsaturated/α-hetero) is 1. The van der Waals surface area contributed by atoms with Crippen molar-refractivity contribution in [1.29, 1.82) is 0 Å². The SMILES string of the molecule is CN=CC(=CN)CC(C(=O)Nc1ccc(C)cc1)n1cc(OC)c(-c2cc(Cl)ccc2C(C)=O)cc1=O. The Morgan fingerprint density at radius 2 is 1.86 bits per heavy atom. The number of nitrogens with zero attached hydrogens (tertiary/aromatic N) is 2. The number of aromatic nitrogens is 1. The number of nitrogens with two attached hydrogens (primary N) is 1. The maximum atomic E-state index is 13.5. The number of rotatable bonds is 9. The smallest absolute Gasteiger partial charge is 0.252 e. The van der Waals surface area contributed by atoms with E-state index in [-0.39, 0.29) is 12.2 Å². The molecule has 9 heteroatoms. The second-order valence-electron chi connectivity index (χ2n) is 8.45. The summed E-state index contributed by atoms with van der Waals surface area (Å²) in [5.41, 5.74) is 8.73. The second-order valence-corrected chi connectivity index (χ2v) is 8.89. The van der Waals surface area contributed by atoms with Crippen molar-refractivity contribution in [3.63, 3.8) is 0 Å². The fourth-order valence-electron chi connectivity index (χ4n) is 3.92. The third-order valence-corrected chi connectivity index (χ3v) is 6.05. The lowest BCUT2D eigenvalue weighted by Crippen LogP contribution is -2.33. The third kappa shape index (κ3) is 6.54. The van der Waals surface area contributed by atoms with Crippen molar-refractivity contribution in [1.82, 2.24) is 4.57 Å². The number of halogens is 1. The largest absolute Gasteiger partial charge is 0.495 e. The minimum Gasteiger partial charge on any atom is -0.495 e. The Bertz CT molecular complexity index is 1430. The van der Waals surface area contributed by atoms with Crippen LogP contribution in [-0.4, -0.2) is 36.6 Å². The van der Waals surface area contributed by atoms with Crippen LogP contribution in [0, 0.1) is 6.92 Å². The first-order valence-electron chi connectivity index (χ1n) is 11.5. The summed E-state index contributed by atoms with van der Waals surface area (Å²) >= 11 is 6.20. The predicted octanol–water partition coefficient (Wildman–Crippen LogP) is 4.80. The highest BCUT2D eigenvalue weighted by molar-refractivity contribution is 6.31. The molecule has 3 N–H and O–H groups in total. The molecule has 192 valence electrons. The van der Waals surface area contributed by atoms with Gasteiger partial charge >= 0.3 is 0 Å². The number of ether oxygens (including phenoxy) is 1. The van der Waals surface area contributed by atoms with E-state index in [0.29, 0.717) is 38.7 Å². The van der Waals surface area contributed by atoms with Gasteiger partial charge in [-0.1, -0.05) is 29.3 Å². The zero-order valence-corrected chi connectivity index (χ0v) is 21.9. The molecule has 0 aliphatic heterocycles. The quantitative estimate of drug-likeness (QED) is 0.310. The Balaban J connectivity index is 2.15. The molecule has 8 nitrogen and oxygen atoms in total. The number of carbonyl (C=O) groups excluding carboxylic acids is 2. The minimum atomic E-state index is -0.976. The Labute approximate surface area is 220 Å². The maximum absolute atomic E-state index is 13.5.